The predicted octanol–water partition coefficient (Wildman–Crippen LogP) is 3.83. The number of amides is 2. The van der Waals surface area contributed by atoms with Gasteiger partial charge in [0.2, 0.25) is 11.8 Å². The third-order valence-electron chi connectivity index (χ3n) is 4.56. The van der Waals surface area contributed by atoms with E-state index in [0.717, 1.165) is 16.7 Å². The van der Waals surface area contributed by atoms with Gasteiger partial charge in [0.25, 0.3) is 0 Å². The Kier molecular flexibility index (Phi) is 8.64. The van der Waals surface area contributed by atoms with Crippen LogP contribution in [0.25, 0.3) is 6.08 Å². The zero-order valence-corrected chi connectivity index (χ0v) is 17.3. The van der Waals surface area contributed by atoms with Gasteiger partial charge in [-0.15, -0.1) is 0 Å². The maximum absolute atomic E-state index is 12.1. The van der Waals surface area contributed by atoms with Crippen molar-refractivity contribution < 1.29 is 18.7 Å². The number of ether oxygens (including phenoxy) is 1. The Morgan fingerprint density at radius 2 is 1.65 bits per heavy atom. The molecule has 6 heteroatoms. The predicted molar refractivity (Wildman–Crippen MR) is 119 cm³/mol. The number of carbonyl (C=O) groups is 2. The Bertz CT molecular complexity index is 982. The summed E-state index contributed by atoms with van der Waals surface area (Å²) in [7, 11) is 0. The second-order valence-corrected chi connectivity index (χ2v) is 6.91. The molecular formula is C25H26N2O4. The topological polar surface area (TPSA) is 80.6 Å². The van der Waals surface area contributed by atoms with Crippen molar-refractivity contribution >= 4 is 17.9 Å². The van der Waals surface area contributed by atoms with Crippen LogP contribution >= 0.6 is 0 Å². The van der Waals surface area contributed by atoms with E-state index in [0.29, 0.717) is 25.5 Å². The average molecular weight is 418 g/mol. The van der Waals surface area contributed by atoms with Crippen molar-refractivity contribution in [3.63, 3.8) is 0 Å². The quantitative estimate of drug-likeness (QED) is 0.464. The molecule has 0 aliphatic rings. The van der Waals surface area contributed by atoms with Crippen molar-refractivity contribution in [2.45, 2.75) is 26.2 Å². The van der Waals surface area contributed by atoms with E-state index in [4.69, 9.17) is 9.15 Å². The summed E-state index contributed by atoms with van der Waals surface area (Å²) in [6, 6.07) is 21.4. The highest BCUT2D eigenvalue weighted by atomic mass is 16.5. The number of rotatable bonds is 11. The van der Waals surface area contributed by atoms with Crippen molar-refractivity contribution in [3.8, 4) is 0 Å². The van der Waals surface area contributed by atoms with Crippen LogP contribution in [0.2, 0.25) is 0 Å². The van der Waals surface area contributed by atoms with E-state index in [1.54, 1.807) is 18.2 Å². The van der Waals surface area contributed by atoms with Gasteiger partial charge in [0.05, 0.1) is 19.5 Å². The van der Waals surface area contributed by atoms with Gasteiger partial charge >= 0.3 is 0 Å². The summed E-state index contributed by atoms with van der Waals surface area (Å²) < 4.78 is 10.9. The van der Waals surface area contributed by atoms with Crippen LogP contribution in [-0.2, 0) is 34.1 Å². The van der Waals surface area contributed by atoms with E-state index < -0.39 is 0 Å². The minimum absolute atomic E-state index is 0.129. The molecule has 0 aliphatic carbocycles. The van der Waals surface area contributed by atoms with Crippen LogP contribution in [0.4, 0.5) is 0 Å². The van der Waals surface area contributed by atoms with E-state index in [1.165, 1.54) is 12.3 Å². The highest BCUT2D eigenvalue weighted by Crippen LogP contribution is 2.12. The van der Waals surface area contributed by atoms with Crippen LogP contribution < -0.4 is 10.6 Å². The fourth-order valence-corrected chi connectivity index (χ4v) is 2.91. The molecule has 2 N–H and O–H groups in total. The Morgan fingerprint density at radius 1 is 0.871 bits per heavy atom. The lowest BCUT2D eigenvalue weighted by Crippen LogP contribution is -2.29. The molecular weight excluding hydrogens is 392 g/mol. The summed E-state index contributed by atoms with van der Waals surface area (Å²) in [5.74, 6) is 0.194. The first-order chi connectivity index (χ1) is 15.2. The SMILES string of the molecule is O=C(/C=C/c1ccco1)NCCC(=O)NCc1ccccc1COCc1ccccc1. The van der Waals surface area contributed by atoms with E-state index >= 15 is 0 Å². The molecule has 0 atom stereocenters. The van der Waals surface area contributed by atoms with Gasteiger partial charge in [-0.2, -0.15) is 0 Å². The van der Waals surface area contributed by atoms with Crippen molar-refractivity contribution in [2.24, 2.45) is 0 Å². The maximum atomic E-state index is 12.1. The molecule has 0 spiro atoms. The molecule has 3 rings (SSSR count). The zero-order valence-electron chi connectivity index (χ0n) is 17.3. The van der Waals surface area contributed by atoms with Crippen LogP contribution in [0, 0.1) is 0 Å². The van der Waals surface area contributed by atoms with Crippen molar-refractivity contribution in [1.82, 2.24) is 10.6 Å². The molecule has 0 unspecified atom stereocenters. The Balaban J connectivity index is 1.37. The summed E-state index contributed by atoms with van der Waals surface area (Å²) >= 11 is 0. The van der Waals surface area contributed by atoms with Crippen LogP contribution in [0.3, 0.4) is 0 Å². The van der Waals surface area contributed by atoms with Crippen molar-refractivity contribution in [1.29, 1.82) is 0 Å². The second-order valence-electron chi connectivity index (χ2n) is 6.91. The van der Waals surface area contributed by atoms with E-state index in [-0.39, 0.29) is 24.8 Å². The van der Waals surface area contributed by atoms with Gasteiger partial charge in [0.15, 0.2) is 0 Å². The minimum Gasteiger partial charge on any atom is -0.465 e. The Morgan fingerprint density at radius 3 is 2.42 bits per heavy atom. The highest BCUT2D eigenvalue weighted by molar-refractivity contribution is 5.91. The van der Waals surface area contributed by atoms with Crippen molar-refractivity contribution in [2.75, 3.05) is 6.54 Å². The summed E-state index contributed by atoms with van der Waals surface area (Å²) in [4.78, 5) is 23.9. The molecule has 0 fully saturated rings. The molecule has 1 aromatic heterocycles. The summed E-state index contributed by atoms with van der Waals surface area (Å²) in [5, 5.41) is 5.58. The minimum atomic E-state index is -0.273. The fraction of sp³-hybridized carbons (Fsp3) is 0.200. The first-order valence-electron chi connectivity index (χ1n) is 10.2. The van der Waals surface area contributed by atoms with E-state index in [2.05, 4.69) is 10.6 Å². The molecule has 0 bridgehead atoms. The van der Waals surface area contributed by atoms with Gasteiger partial charge in [0, 0.05) is 25.6 Å². The van der Waals surface area contributed by atoms with Crippen molar-refractivity contribution in [3.05, 3.63) is 102 Å². The van der Waals surface area contributed by atoms with Crippen LogP contribution in [0.1, 0.15) is 28.9 Å². The fourth-order valence-electron chi connectivity index (χ4n) is 2.91. The number of benzene rings is 2. The molecule has 0 saturated carbocycles. The van der Waals surface area contributed by atoms with Gasteiger partial charge < -0.3 is 19.8 Å². The van der Waals surface area contributed by atoms with E-state index in [1.807, 2.05) is 54.6 Å². The molecule has 1 heterocycles. The molecule has 6 nitrogen and oxygen atoms in total. The molecule has 0 aliphatic heterocycles. The second kappa shape index (κ2) is 12.1. The molecule has 0 radical (unpaired) electrons. The lowest BCUT2D eigenvalue weighted by molar-refractivity contribution is -0.121. The molecule has 0 saturated heterocycles. The maximum Gasteiger partial charge on any atom is 0.244 e. The van der Waals surface area contributed by atoms with Gasteiger partial charge in [-0.25, -0.2) is 0 Å². The standard InChI is InChI=1S/C25H26N2O4/c28-24(13-12-23-11-6-16-31-23)26-15-14-25(29)27-17-21-9-4-5-10-22(21)19-30-18-20-7-2-1-3-8-20/h1-13,16H,14-15,17-19H2,(H,26,28)(H,27,29)/b13-12+. The van der Waals surface area contributed by atoms with Gasteiger partial charge in [-0.3, -0.25) is 9.59 Å². The summed E-state index contributed by atoms with van der Waals surface area (Å²) in [6.07, 6.45) is 4.69. The number of nitrogens with one attached hydrogen (secondary N) is 2. The summed E-state index contributed by atoms with van der Waals surface area (Å²) in [6.45, 7) is 1.68. The molecule has 2 amide bonds. The molecule has 2 aromatic carbocycles. The third-order valence-corrected chi connectivity index (χ3v) is 4.56. The third kappa shape index (κ3) is 7.95. The van der Waals surface area contributed by atoms with E-state index in [9.17, 15) is 9.59 Å². The lowest BCUT2D eigenvalue weighted by atomic mass is 10.1. The summed E-state index contributed by atoms with van der Waals surface area (Å²) in [5.41, 5.74) is 3.17. The van der Waals surface area contributed by atoms with Crippen LogP contribution in [0.5, 0.6) is 0 Å². The number of hydrogen-bond acceptors (Lipinski definition) is 4. The Hall–Kier alpha value is -3.64. The Labute approximate surface area is 181 Å². The largest absolute Gasteiger partial charge is 0.465 e. The normalized spacial score (nSPS) is 10.8. The zero-order chi connectivity index (χ0) is 21.7. The van der Waals surface area contributed by atoms with Gasteiger partial charge in [0.1, 0.15) is 5.76 Å². The molecule has 3 aromatic rings. The van der Waals surface area contributed by atoms with Gasteiger partial charge in [-0.05, 0) is 34.9 Å². The molecule has 160 valence electrons. The number of carbonyl (C=O) groups excluding carboxylic acids is 2. The smallest absolute Gasteiger partial charge is 0.244 e. The number of furan rings is 1. The van der Waals surface area contributed by atoms with Gasteiger partial charge in [-0.1, -0.05) is 54.6 Å². The first-order valence-corrected chi connectivity index (χ1v) is 10.2. The highest BCUT2D eigenvalue weighted by Gasteiger charge is 2.06. The first kappa shape index (κ1) is 22.1. The van der Waals surface area contributed by atoms with Crippen LogP contribution in [-0.4, -0.2) is 18.4 Å². The monoisotopic (exact) mass is 418 g/mol. The average Bonchev–Trinajstić information content (AvgIpc) is 3.31. The lowest BCUT2D eigenvalue weighted by Gasteiger charge is -2.11. The van der Waals surface area contributed by atoms with Crippen LogP contribution in [0.15, 0.2) is 83.5 Å². The number of hydrogen-bond donors (Lipinski definition) is 2. The molecule has 31 heavy (non-hydrogen) atoms.